The second kappa shape index (κ2) is 6.70. The van der Waals surface area contributed by atoms with E-state index in [4.69, 9.17) is 0 Å². The zero-order valence-electron chi connectivity index (χ0n) is 12.1. The van der Waals surface area contributed by atoms with Crippen LogP contribution < -0.4 is 10.6 Å². The molecule has 4 heteroatoms. The van der Waals surface area contributed by atoms with Crippen molar-refractivity contribution in [3.63, 3.8) is 0 Å². The van der Waals surface area contributed by atoms with Crippen LogP contribution in [0, 0.1) is 6.92 Å². The van der Waals surface area contributed by atoms with Crippen LogP contribution in [0.1, 0.15) is 29.3 Å². The minimum absolute atomic E-state index is 0.0582. The molecule has 0 aliphatic carbocycles. The third-order valence-electron chi connectivity index (χ3n) is 3.01. The number of benzene rings is 2. The van der Waals surface area contributed by atoms with Gasteiger partial charge in [0.1, 0.15) is 0 Å². The first-order valence-electron chi connectivity index (χ1n) is 6.86. The van der Waals surface area contributed by atoms with Crippen LogP contribution >= 0.6 is 0 Å². The quantitative estimate of drug-likeness (QED) is 0.900. The molecule has 0 unspecified atom stereocenters. The van der Waals surface area contributed by atoms with Crippen molar-refractivity contribution < 1.29 is 9.59 Å². The third kappa shape index (κ3) is 4.18. The van der Waals surface area contributed by atoms with Gasteiger partial charge in [-0.1, -0.05) is 30.7 Å². The Kier molecular flexibility index (Phi) is 4.72. The van der Waals surface area contributed by atoms with Gasteiger partial charge < -0.3 is 10.6 Å². The number of amides is 2. The lowest BCUT2D eigenvalue weighted by molar-refractivity contribution is -0.115. The lowest BCUT2D eigenvalue weighted by Gasteiger charge is -2.08. The topological polar surface area (TPSA) is 58.2 Å². The fourth-order valence-electron chi connectivity index (χ4n) is 1.91. The molecule has 0 aliphatic rings. The molecule has 2 rings (SSSR count). The molecule has 4 nitrogen and oxygen atoms in total. The Morgan fingerprint density at radius 3 is 2.29 bits per heavy atom. The maximum atomic E-state index is 12.2. The summed E-state index contributed by atoms with van der Waals surface area (Å²) in [6.07, 6.45) is 0.417. The number of nitrogens with one attached hydrogen (secondary N) is 2. The molecule has 0 saturated carbocycles. The molecule has 2 amide bonds. The van der Waals surface area contributed by atoms with E-state index in [9.17, 15) is 9.59 Å². The van der Waals surface area contributed by atoms with Gasteiger partial charge in [-0.15, -0.1) is 0 Å². The highest BCUT2D eigenvalue weighted by Crippen LogP contribution is 2.16. The van der Waals surface area contributed by atoms with Crippen LogP contribution in [-0.4, -0.2) is 11.8 Å². The SMILES string of the molecule is CCC(=O)Nc1cccc(NC(=O)c2cccc(C)c2)c1. The van der Waals surface area contributed by atoms with E-state index >= 15 is 0 Å². The van der Waals surface area contributed by atoms with Crippen molar-refractivity contribution in [3.05, 3.63) is 59.7 Å². The summed E-state index contributed by atoms with van der Waals surface area (Å²) >= 11 is 0. The molecule has 0 radical (unpaired) electrons. The summed E-state index contributed by atoms with van der Waals surface area (Å²) in [7, 11) is 0. The molecular weight excluding hydrogens is 264 g/mol. The minimum Gasteiger partial charge on any atom is -0.326 e. The summed E-state index contributed by atoms with van der Waals surface area (Å²) in [4.78, 5) is 23.5. The van der Waals surface area contributed by atoms with Gasteiger partial charge in [-0.2, -0.15) is 0 Å². The second-order valence-electron chi connectivity index (χ2n) is 4.81. The first-order valence-corrected chi connectivity index (χ1v) is 6.86. The average Bonchev–Trinajstić information content (AvgIpc) is 2.47. The highest BCUT2D eigenvalue weighted by atomic mass is 16.2. The van der Waals surface area contributed by atoms with E-state index in [-0.39, 0.29) is 11.8 Å². The zero-order chi connectivity index (χ0) is 15.2. The molecule has 21 heavy (non-hydrogen) atoms. The Hall–Kier alpha value is -2.62. The summed E-state index contributed by atoms with van der Waals surface area (Å²) in [5.74, 6) is -0.227. The van der Waals surface area contributed by atoms with Crippen molar-refractivity contribution in [2.24, 2.45) is 0 Å². The smallest absolute Gasteiger partial charge is 0.255 e. The number of hydrogen-bond donors (Lipinski definition) is 2. The van der Waals surface area contributed by atoms with Crippen LogP contribution in [-0.2, 0) is 4.79 Å². The number of anilines is 2. The van der Waals surface area contributed by atoms with E-state index in [1.54, 1.807) is 37.3 Å². The molecule has 0 saturated heterocycles. The largest absolute Gasteiger partial charge is 0.326 e. The second-order valence-corrected chi connectivity index (χ2v) is 4.81. The fourth-order valence-corrected chi connectivity index (χ4v) is 1.91. The van der Waals surface area contributed by atoms with Crippen LogP contribution in [0.4, 0.5) is 11.4 Å². The van der Waals surface area contributed by atoms with Gasteiger partial charge in [-0.3, -0.25) is 9.59 Å². The number of carbonyl (C=O) groups excluding carboxylic acids is 2. The van der Waals surface area contributed by atoms with Crippen LogP contribution in [0.2, 0.25) is 0 Å². The predicted octanol–water partition coefficient (Wildman–Crippen LogP) is 3.60. The van der Waals surface area contributed by atoms with Gasteiger partial charge in [0, 0.05) is 23.4 Å². The molecular formula is C17H18N2O2. The molecule has 0 spiro atoms. The standard InChI is InChI=1S/C17H18N2O2/c1-3-16(20)18-14-8-5-9-15(11-14)19-17(21)13-7-4-6-12(2)10-13/h4-11H,3H2,1-2H3,(H,18,20)(H,19,21). The first kappa shape index (κ1) is 14.8. The zero-order valence-corrected chi connectivity index (χ0v) is 12.1. The molecule has 0 heterocycles. The van der Waals surface area contributed by atoms with Gasteiger partial charge in [0.05, 0.1) is 0 Å². The Labute approximate surface area is 124 Å². The van der Waals surface area contributed by atoms with Crippen LogP contribution in [0.25, 0.3) is 0 Å². The van der Waals surface area contributed by atoms with Crippen molar-refractivity contribution in [2.75, 3.05) is 10.6 Å². The van der Waals surface area contributed by atoms with E-state index in [1.807, 2.05) is 25.1 Å². The number of aryl methyl sites for hydroxylation is 1. The monoisotopic (exact) mass is 282 g/mol. The molecule has 0 bridgehead atoms. The van der Waals surface area contributed by atoms with Crippen molar-refractivity contribution in [3.8, 4) is 0 Å². The summed E-state index contributed by atoms with van der Waals surface area (Å²) < 4.78 is 0. The van der Waals surface area contributed by atoms with Crippen molar-refractivity contribution in [2.45, 2.75) is 20.3 Å². The molecule has 0 fully saturated rings. The Balaban J connectivity index is 2.11. The number of carbonyl (C=O) groups is 2. The number of hydrogen-bond acceptors (Lipinski definition) is 2. The van der Waals surface area contributed by atoms with Crippen LogP contribution in [0.3, 0.4) is 0 Å². The first-order chi connectivity index (χ1) is 10.1. The summed E-state index contributed by atoms with van der Waals surface area (Å²) in [5, 5.41) is 5.59. The average molecular weight is 282 g/mol. The summed E-state index contributed by atoms with van der Waals surface area (Å²) in [5.41, 5.74) is 2.96. The van der Waals surface area contributed by atoms with Crippen molar-refractivity contribution >= 4 is 23.2 Å². The summed E-state index contributed by atoms with van der Waals surface area (Å²) in [6, 6.07) is 14.5. The van der Waals surface area contributed by atoms with E-state index < -0.39 is 0 Å². The lowest BCUT2D eigenvalue weighted by Crippen LogP contribution is -2.13. The van der Waals surface area contributed by atoms with E-state index in [0.29, 0.717) is 23.4 Å². The molecule has 2 N–H and O–H groups in total. The van der Waals surface area contributed by atoms with E-state index in [2.05, 4.69) is 10.6 Å². The molecule has 0 aliphatic heterocycles. The van der Waals surface area contributed by atoms with Gasteiger partial charge in [0.15, 0.2) is 0 Å². The Bertz CT molecular complexity index is 665. The molecule has 0 aromatic heterocycles. The third-order valence-corrected chi connectivity index (χ3v) is 3.01. The van der Waals surface area contributed by atoms with Crippen LogP contribution in [0.5, 0.6) is 0 Å². The molecule has 0 atom stereocenters. The van der Waals surface area contributed by atoms with Gasteiger partial charge in [0.2, 0.25) is 5.91 Å². The maximum absolute atomic E-state index is 12.2. The highest BCUT2D eigenvalue weighted by Gasteiger charge is 2.07. The fraction of sp³-hybridized carbons (Fsp3) is 0.176. The lowest BCUT2D eigenvalue weighted by atomic mass is 10.1. The predicted molar refractivity (Wildman–Crippen MR) is 84.5 cm³/mol. The number of rotatable bonds is 4. The summed E-state index contributed by atoms with van der Waals surface area (Å²) in [6.45, 7) is 3.73. The Morgan fingerprint density at radius 1 is 0.952 bits per heavy atom. The van der Waals surface area contributed by atoms with Crippen molar-refractivity contribution in [1.82, 2.24) is 0 Å². The van der Waals surface area contributed by atoms with Gasteiger partial charge >= 0.3 is 0 Å². The minimum atomic E-state index is -0.169. The maximum Gasteiger partial charge on any atom is 0.255 e. The van der Waals surface area contributed by atoms with Gasteiger partial charge in [-0.25, -0.2) is 0 Å². The van der Waals surface area contributed by atoms with Crippen molar-refractivity contribution in [1.29, 1.82) is 0 Å². The van der Waals surface area contributed by atoms with Crippen LogP contribution in [0.15, 0.2) is 48.5 Å². The van der Waals surface area contributed by atoms with Gasteiger partial charge in [0.25, 0.3) is 5.91 Å². The van der Waals surface area contributed by atoms with E-state index in [0.717, 1.165) is 5.56 Å². The Morgan fingerprint density at radius 2 is 1.62 bits per heavy atom. The highest BCUT2D eigenvalue weighted by molar-refractivity contribution is 6.04. The van der Waals surface area contributed by atoms with E-state index in [1.165, 1.54) is 0 Å². The molecule has 2 aromatic carbocycles. The normalized spacial score (nSPS) is 10.0. The molecule has 2 aromatic rings. The molecule has 108 valence electrons. The van der Waals surface area contributed by atoms with Gasteiger partial charge in [-0.05, 0) is 37.3 Å².